The SMILES string of the molecule is CCN(CC)C(=O)C(C1CCCC1)N1CCN(C(=O)c2ccc(Cl)c(Cl)c2)CC1. The first-order valence-electron chi connectivity index (χ1n) is 10.7. The molecule has 0 bridgehead atoms. The van der Waals surface area contributed by atoms with E-state index in [0.29, 0.717) is 34.6 Å². The molecule has 1 saturated carbocycles. The van der Waals surface area contributed by atoms with E-state index in [1.165, 1.54) is 12.8 Å². The van der Waals surface area contributed by atoms with Crippen molar-refractivity contribution < 1.29 is 9.59 Å². The second-order valence-electron chi connectivity index (χ2n) is 7.96. The zero-order valence-corrected chi connectivity index (χ0v) is 18.9. The van der Waals surface area contributed by atoms with Gasteiger partial charge in [-0.2, -0.15) is 0 Å². The molecule has 0 aromatic heterocycles. The Bertz CT molecular complexity index is 725. The molecule has 1 aromatic rings. The Labute approximate surface area is 183 Å². The molecule has 1 aliphatic heterocycles. The second kappa shape index (κ2) is 10.1. The van der Waals surface area contributed by atoms with Gasteiger partial charge in [0.05, 0.1) is 16.1 Å². The predicted octanol–water partition coefficient (Wildman–Crippen LogP) is 4.18. The molecule has 1 atom stereocenters. The van der Waals surface area contributed by atoms with Crippen molar-refractivity contribution in [2.45, 2.75) is 45.6 Å². The summed E-state index contributed by atoms with van der Waals surface area (Å²) in [5.74, 6) is 0.655. The Morgan fingerprint density at radius 1 is 1.03 bits per heavy atom. The van der Waals surface area contributed by atoms with Gasteiger partial charge < -0.3 is 9.80 Å². The minimum absolute atomic E-state index is 0.0318. The molecular weight excluding hydrogens is 409 g/mol. The number of halogens is 2. The summed E-state index contributed by atoms with van der Waals surface area (Å²) in [7, 11) is 0. The summed E-state index contributed by atoms with van der Waals surface area (Å²) in [6, 6.07) is 4.95. The lowest BCUT2D eigenvalue weighted by molar-refractivity contribution is -0.139. The molecule has 0 N–H and O–H groups in total. The monoisotopic (exact) mass is 439 g/mol. The van der Waals surface area contributed by atoms with Crippen molar-refractivity contribution in [2.75, 3.05) is 39.3 Å². The topological polar surface area (TPSA) is 43.9 Å². The van der Waals surface area contributed by atoms with E-state index in [2.05, 4.69) is 4.90 Å². The highest BCUT2D eigenvalue weighted by Crippen LogP contribution is 2.32. The van der Waals surface area contributed by atoms with Crippen LogP contribution in [0, 0.1) is 5.92 Å². The molecule has 2 fully saturated rings. The average Bonchev–Trinajstić information content (AvgIpc) is 3.25. The summed E-state index contributed by atoms with van der Waals surface area (Å²) in [5.41, 5.74) is 0.555. The number of benzene rings is 1. The highest BCUT2D eigenvalue weighted by atomic mass is 35.5. The normalized spacial score (nSPS) is 19.4. The molecule has 0 spiro atoms. The van der Waals surface area contributed by atoms with E-state index in [4.69, 9.17) is 23.2 Å². The maximum atomic E-state index is 13.3. The molecule has 5 nitrogen and oxygen atoms in total. The van der Waals surface area contributed by atoms with Crippen LogP contribution in [0.15, 0.2) is 18.2 Å². The van der Waals surface area contributed by atoms with Crippen LogP contribution in [0.5, 0.6) is 0 Å². The van der Waals surface area contributed by atoms with Gasteiger partial charge in [0, 0.05) is 44.8 Å². The highest BCUT2D eigenvalue weighted by molar-refractivity contribution is 6.42. The standard InChI is InChI=1S/C22H31Cl2N3O2/c1-3-25(4-2)22(29)20(16-7-5-6-8-16)26-11-13-27(14-12-26)21(28)17-9-10-18(23)19(24)15-17/h9-10,15-16,20H,3-8,11-14H2,1-2H3. The summed E-state index contributed by atoms with van der Waals surface area (Å²) in [5, 5.41) is 0.838. The molecule has 1 saturated heterocycles. The molecule has 3 rings (SSSR count). The second-order valence-corrected chi connectivity index (χ2v) is 8.77. The van der Waals surface area contributed by atoms with Gasteiger partial charge >= 0.3 is 0 Å². The third kappa shape index (κ3) is 5.07. The number of likely N-dealkylation sites (N-methyl/N-ethyl adjacent to an activating group) is 1. The zero-order chi connectivity index (χ0) is 21.0. The Kier molecular flexibility index (Phi) is 7.83. The fourth-order valence-corrected chi connectivity index (χ4v) is 4.96. The van der Waals surface area contributed by atoms with E-state index in [0.717, 1.165) is 39.0 Å². The molecule has 1 aromatic carbocycles. The summed E-state index contributed by atoms with van der Waals surface area (Å²) < 4.78 is 0. The fourth-order valence-electron chi connectivity index (χ4n) is 4.67. The number of carbonyl (C=O) groups is 2. The molecule has 160 valence electrons. The lowest BCUT2D eigenvalue weighted by atomic mass is 9.94. The van der Waals surface area contributed by atoms with Crippen LogP contribution in [0.1, 0.15) is 49.9 Å². The third-order valence-corrected chi connectivity index (χ3v) is 7.07. The van der Waals surface area contributed by atoms with Gasteiger partial charge in [-0.3, -0.25) is 14.5 Å². The number of carbonyl (C=O) groups excluding carboxylic acids is 2. The molecular formula is C22H31Cl2N3O2. The summed E-state index contributed by atoms with van der Waals surface area (Å²) in [6.45, 7) is 8.26. The number of hydrogen-bond acceptors (Lipinski definition) is 3. The van der Waals surface area contributed by atoms with Crippen molar-refractivity contribution in [3.05, 3.63) is 33.8 Å². The minimum Gasteiger partial charge on any atom is -0.342 e. The van der Waals surface area contributed by atoms with Gasteiger partial charge in [-0.05, 0) is 50.8 Å². The number of rotatable bonds is 6. The minimum atomic E-state index is -0.0559. The van der Waals surface area contributed by atoms with Crippen molar-refractivity contribution in [2.24, 2.45) is 5.92 Å². The van der Waals surface area contributed by atoms with Crippen LogP contribution in [-0.4, -0.2) is 71.8 Å². The lowest BCUT2D eigenvalue weighted by Gasteiger charge is -2.42. The molecule has 2 amide bonds. The van der Waals surface area contributed by atoms with Gasteiger partial charge in [0.1, 0.15) is 0 Å². The molecule has 0 radical (unpaired) electrons. The van der Waals surface area contributed by atoms with Crippen LogP contribution in [0.2, 0.25) is 10.0 Å². The smallest absolute Gasteiger partial charge is 0.253 e. The van der Waals surface area contributed by atoms with E-state index in [-0.39, 0.29) is 17.9 Å². The molecule has 7 heteroatoms. The number of piperazine rings is 1. The Hall–Kier alpha value is -1.30. The maximum Gasteiger partial charge on any atom is 0.253 e. The van der Waals surface area contributed by atoms with E-state index in [1.54, 1.807) is 18.2 Å². The number of hydrogen-bond donors (Lipinski definition) is 0. The van der Waals surface area contributed by atoms with Crippen LogP contribution in [-0.2, 0) is 4.79 Å². The van der Waals surface area contributed by atoms with Crippen LogP contribution in [0.25, 0.3) is 0 Å². The van der Waals surface area contributed by atoms with Crippen molar-refractivity contribution in [3.8, 4) is 0 Å². The van der Waals surface area contributed by atoms with Crippen LogP contribution in [0.3, 0.4) is 0 Å². The van der Waals surface area contributed by atoms with Crippen LogP contribution in [0.4, 0.5) is 0 Å². The summed E-state index contributed by atoms with van der Waals surface area (Å²) in [4.78, 5) is 32.3. The summed E-state index contributed by atoms with van der Waals surface area (Å²) in [6.07, 6.45) is 4.67. The first-order chi connectivity index (χ1) is 14.0. The van der Waals surface area contributed by atoms with Crippen molar-refractivity contribution in [1.82, 2.24) is 14.7 Å². The molecule has 1 heterocycles. The Morgan fingerprint density at radius 2 is 1.66 bits per heavy atom. The first-order valence-corrected chi connectivity index (χ1v) is 11.5. The molecule has 29 heavy (non-hydrogen) atoms. The van der Waals surface area contributed by atoms with Crippen LogP contribution >= 0.6 is 23.2 Å². The van der Waals surface area contributed by atoms with E-state index in [1.807, 2.05) is 23.6 Å². The first kappa shape index (κ1) is 22.4. The van der Waals surface area contributed by atoms with Crippen molar-refractivity contribution in [3.63, 3.8) is 0 Å². The van der Waals surface area contributed by atoms with Gasteiger partial charge in [-0.15, -0.1) is 0 Å². The molecule has 1 aliphatic carbocycles. The van der Waals surface area contributed by atoms with E-state index >= 15 is 0 Å². The van der Waals surface area contributed by atoms with Gasteiger partial charge in [0.25, 0.3) is 5.91 Å². The average molecular weight is 440 g/mol. The van der Waals surface area contributed by atoms with Crippen molar-refractivity contribution in [1.29, 1.82) is 0 Å². The Morgan fingerprint density at radius 3 is 2.21 bits per heavy atom. The quantitative estimate of drug-likeness (QED) is 0.667. The Balaban J connectivity index is 1.68. The largest absolute Gasteiger partial charge is 0.342 e. The molecule has 1 unspecified atom stereocenters. The van der Waals surface area contributed by atoms with Gasteiger partial charge in [0.2, 0.25) is 5.91 Å². The fraction of sp³-hybridized carbons (Fsp3) is 0.636. The van der Waals surface area contributed by atoms with E-state index in [9.17, 15) is 9.59 Å². The summed E-state index contributed by atoms with van der Waals surface area (Å²) >= 11 is 12.0. The number of nitrogens with zero attached hydrogens (tertiary/aromatic N) is 3. The maximum absolute atomic E-state index is 13.3. The van der Waals surface area contributed by atoms with Crippen molar-refractivity contribution >= 4 is 35.0 Å². The predicted molar refractivity (Wildman–Crippen MR) is 118 cm³/mol. The zero-order valence-electron chi connectivity index (χ0n) is 17.4. The van der Waals surface area contributed by atoms with E-state index < -0.39 is 0 Å². The van der Waals surface area contributed by atoms with Gasteiger partial charge in [-0.1, -0.05) is 36.0 Å². The molecule has 2 aliphatic rings. The lowest BCUT2D eigenvalue weighted by Crippen LogP contribution is -2.58. The highest BCUT2D eigenvalue weighted by Gasteiger charge is 2.38. The van der Waals surface area contributed by atoms with Gasteiger partial charge in [-0.25, -0.2) is 0 Å². The number of amides is 2. The van der Waals surface area contributed by atoms with Crippen LogP contribution < -0.4 is 0 Å². The van der Waals surface area contributed by atoms with Gasteiger partial charge in [0.15, 0.2) is 0 Å². The third-order valence-electron chi connectivity index (χ3n) is 6.34.